The van der Waals surface area contributed by atoms with Crippen LogP contribution in [0, 0.1) is 11.3 Å². The van der Waals surface area contributed by atoms with Crippen LogP contribution in [0.1, 0.15) is 38.2 Å². The van der Waals surface area contributed by atoms with Crippen LogP contribution in [-0.2, 0) is 4.74 Å². The molecule has 6 heteroatoms. The number of ether oxygens (including phenoxy) is 1. The zero-order valence-corrected chi connectivity index (χ0v) is 18.5. The molecular weight excluding hydrogens is 386 g/mol. The quantitative estimate of drug-likeness (QED) is 0.758. The van der Waals surface area contributed by atoms with Crippen molar-refractivity contribution in [2.24, 2.45) is 0 Å². The Balaban J connectivity index is 1.28. The number of rotatable bonds is 4. The molecule has 3 atom stereocenters. The smallest absolute Gasteiger partial charge is 0.101 e. The van der Waals surface area contributed by atoms with E-state index in [1.807, 2.05) is 12.1 Å². The van der Waals surface area contributed by atoms with E-state index in [1.54, 1.807) is 6.20 Å². The van der Waals surface area contributed by atoms with Crippen LogP contribution in [-0.4, -0.2) is 78.8 Å². The first kappa shape index (κ1) is 20.7. The largest absolute Gasteiger partial charge is 0.370 e. The minimum atomic E-state index is 0.182. The second-order valence-corrected chi connectivity index (χ2v) is 9.42. The summed E-state index contributed by atoms with van der Waals surface area (Å²) in [6.45, 7) is 9.83. The Morgan fingerprint density at radius 3 is 2.81 bits per heavy atom. The van der Waals surface area contributed by atoms with Crippen LogP contribution in [0.25, 0.3) is 10.9 Å². The molecule has 0 unspecified atom stereocenters. The van der Waals surface area contributed by atoms with E-state index in [-0.39, 0.29) is 12.2 Å². The van der Waals surface area contributed by atoms with Crippen molar-refractivity contribution < 1.29 is 4.74 Å². The van der Waals surface area contributed by atoms with Crippen molar-refractivity contribution in [3.63, 3.8) is 0 Å². The fourth-order valence-corrected chi connectivity index (χ4v) is 5.71. The summed E-state index contributed by atoms with van der Waals surface area (Å²) in [4.78, 5) is 12.2. The average Bonchev–Trinajstić information content (AvgIpc) is 3.27. The SMILES string of the molecule is C[C@@H]1CN(c2ccc(C#N)c3ncccc23)C[C@@H](CN2CC[C@H](N3CCCCC3)C2)O1. The Morgan fingerprint density at radius 2 is 1.97 bits per heavy atom. The lowest BCUT2D eigenvalue weighted by atomic mass is 10.1. The number of anilines is 1. The fraction of sp³-hybridized carbons (Fsp3) is 0.600. The van der Waals surface area contributed by atoms with E-state index in [4.69, 9.17) is 4.74 Å². The van der Waals surface area contributed by atoms with E-state index >= 15 is 0 Å². The normalized spacial score (nSPS) is 28.1. The predicted octanol–water partition coefficient (Wildman–Crippen LogP) is 3.26. The molecule has 3 fully saturated rings. The third-order valence-corrected chi connectivity index (χ3v) is 7.15. The fourth-order valence-electron chi connectivity index (χ4n) is 5.71. The molecule has 0 spiro atoms. The van der Waals surface area contributed by atoms with Crippen LogP contribution in [0.2, 0.25) is 0 Å². The van der Waals surface area contributed by atoms with E-state index < -0.39 is 0 Å². The summed E-state index contributed by atoms with van der Waals surface area (Å²) < 4.78 is 6.37. The summed E-state index contributed by atoms with van der Waals surface area (Å²) in [5.74, 6) is 0. The van der Waals surface area contributed by atoms with Crippen LogP contribution in [0.4, 0.5) is 5.69 Å². The Labute approximate surface area is 185 Å². The van der Waals surface area contributed by atoms with E-state index in [2.05, 4.69) is 44.8 Å². The minimum absolute atomic E-state index is 0.182. The Hall–Kier alpha value is -2.20. The summed E-state index contributed by atoms with van der Waals surface area (Å²) in [6, 6.07) is 11.0. The number of pyridine rings is 1. The number of nitriles is 1. The molecule has 1 aromatic heterocycles. The Bertz CT molecular complexity index is 951. The van der Waals surface area contributed by atoms with E-state index in [0.717, 1.165) is 42.3 Å². The zero-order chi connectivity index (χ0) is 21.2. The van der Waals surface area contributed by atoms with Gasteiger partial charge in [0.15, 0.2) is 0 Å². The van der Waals surface area contributed by atoms with Crippen LogP contribution < -0.4 is 4.90 Å². The standard InChI is InChI=1S/C25H33N5O/c1-19-15-30(24-8-7-20(14-26)25-23(24)6-5-10-27-25)18-22(31-19)17-28-13-9-21(16-28)29-11-3-2-4-12-29/h5-8,10,19,21-22H,2-4,9,11-13,15-18H2,1H3/t19-,21+,22-/m1/s1. The van der Waals surface area contributed by atoms with Gasteiger partial charge in [-0.2, -0.15) is 5.26 Å². The highest BCUT2D eigenvalue weighted by atomic mass is 16.5. The first-order valence-electron chi connectivity index (χ1n) is 11.9. The van der Waals surface area contributed by atoms with Crippen molar-refractivity contribution in [1.29, 1.82) is 5.26 Å². The number of likely N-dealkylation sites (tertiary alicyclic amines) is 2. The van der Waals surface area contributed by atoms with Gasteiger partial charge in [0.05, 0.1) is 23.3 Å². The van der Waals surface area contributed by atoms with Crippen LogP contribution in [0.3, 0.4) is 0 Å². The lowest BCUT2D eigenvalue weighted by Crippen LogP contribution is -2.51. The molecule has 5 rings (SSSR count). The van der Waals surface area contributed by atoms with Crippen molar-refractivity contribution in [1.82, 2.24) is 14.8 Å². The van der Waals surface area contributed by atoms with Crippen LogP contribution in [0.15, 0.2) is 30.5 Å². The summed E-state index contributed by atoms with van der Waals surface area (Å²) in [6.07, 6.45) is 7.56. The molecule has 0 saturated carbocycles. The van der Waals surface area contributed by atoms with Crippen LogP contribution in [0.5, 0.6) is 0 Å². The van der Waals surface area contributed by atoms with Gasteiger partial charge in [0.1, 0.15) is 6.07 Å². The van der Waals surface area contributed by atoms with Crippen molar-refractivity contribution in [3.05, 3.63) is 36.0 Å². The highest BCUT2D eigenvalue weighted by Crippen LogP contribution is 2.30. The lowest BCUT2D eigenvalue weighted by Gasteiger charge is -2.40. The second-order valence-electron chi connectivity index (χ2n) is 9.42. The first-order valence-corrected chi connectivity index (χ1v) is 11.9. The average molecular weight is 420 g/mol. The number of fused-ring (bicyclic) bond motifs is 1. The molecule has 3 aliphatic rings. The number of piperidine rings is 1. The van der Waals surface area contributed by atoms with E-state index in [9.17, 15) is 5.26 Å². The second kappa shape index (κ2) is 9.12. The number of aromatic nitrogens is 1. The molecule has 0 aliphatic carbocycles. The summed E-state index contributed by atoms with van der Waals surface area (Å²) >= 11 is 0. The molecule has 3 aliphatic heterocycles. The van der Waals surface area contributed by atoms with Gasteiger partial charge < -0.3 is 9.64 Å². The molecule has 1 aromatic carbocycles. The molecule has 0 N–H and O–H groups in total. The number of nitrogens with zero attached hydrogens (tertiary/aromatic N) is 5. The van der Waals surface area contributed by atoms with Gasteiger partial charge >= 0.3 is 0 Å². The number of morpholine rings is 1. The van der Waals surface area contributed by atoms with Gasteiger partial charge in [-0.1, -0.05) is 6.42 Å². The van der Waals surface area contributed by atoms with Gasteiger partial charge in [0.2, 0.25) is 0 Å². The summed E-state index contributed by atoms with van der Waals surface area (Å²) in [7, 11) is 0. The molecule has 6 nitrogen and oxygen atoms in total. The Kier molecular flexibility index (Phi) is 6.08. The summed E-state index contributed by atoms with van der Waals surface area (Å²) in [5, 5.41) is 10.5. The minimum Gasteiger partial charge on any atom is -0.370 e. The molecule has 0 radical (unpaired) electrons. The van der Waals surface area contributed by atoms with Crippen LogP contribution >= 0.6 is 0 Å². The maximum atomic E-state index is 9.46. The molecular formula is C25H33N5O. The number of benzene rings is 1. The monoisotopic (exact) mass is 419 g/mol. The lowest BCUT2D eigenvalue weighted by molar-refractivity contribution is -0.0301. The van der Waals surface area contributed by atoms with Gasteiger partial charge in [0, 0.05) is 49.5 Å². The third kappa shape index (κ3) is 4.41. The third-order valence-electron chi connectivity index (χ3n) is 7.15. The van der Waals surface area contributed by atoms with Crippen molar-refractivity contribution in [2.45, 2.75) is 50.9 Å². The topological polar surface area (TPSA) is 55.6 Å². The van der Waals surface area contributed by atoms with E-state index in [0.29, 0.717) is 5.56 Å². The molecule has 0 amide bonds. The number of hydrogen-bond acceptors (Lipinski definition) is 6. The number of hydrogen-bond donors (Lipinski definition) is 0. The van der Waals surface area contributed by atoms with Crippen molar-refractivity contribution in [2.75, 3.05) is 50.7 Å². The maximum Gasteiger partial charge on any atom is 0.101 e. The zero-order valence-electron chi connectivity index (χ0n) is 18.5. The van der Waals surface area contributed by atoms with Gasteiger partial charge in [-0.15, -0.1) is 0 Å². The molecule has 164 valence electrons. The highest BCUT2D eigenvalue weighted by molar-refractivity contribution is 5.95. The maximum absolute atomic E-state index is 9.46. The van der Waals surface area contributed by atoms with Gasteiger partial charge in [-0.05, 0) is 70.1 Å². The molecule has 4 heterocycles. The predicted molar refractivity (Wildman–Crippen MR) is 123 cm³/mol. The molecule has 31 heavy (non-hydrogen) atoms. The molecule has 3 saturated heterocycles. The summed E-state index contributed by atoms with van der Waals surface area (Å²) in [5.41, 5.74) is 2.59. The first-order chi connectivity index (χ1) is 15.2. The van der Waals surface area contributed by atoms with Crippen molar-refractivity contribution in [3.8, 4) is 6.07 Å². The van der Waals surface area contributed by atoms with Gasteiger partial charge in [-0.3, -0.25) is 14.8 Å². The Morgan fingerprint density at radius 1 is 1.10 bits per heavy atom. The van der Waals surface area contributed by atoms with Crippen molar-refractivity contribution >= 4 is 16.6 Å². The van der Waals surface area contributed by atoms with Gasteiger partial charge in [-0.25, -0.2) is 0 Å². The highest BCUT2D eigenvalue weighted by Gasteiger charge is 2.33. The van der Waals surface area contributed by atoms with Gasteiger partial charge in [0.25, 0.3) is 0 Å². The molecule has 2 aromatic rings. The van der Waals surface area contributed by atoms with E-state index in [1.165, 1.54) is 51.9 Å². The molecule has 0 bridgehead atoms.